The van der Waals surface area contributed by atoms with E-state index in [0.29, 0.717) is 29.9 Å². The Bertz CT molecular complexity index is 886. The van der Waals surface area contributed by atoms with Crippen molar-refractivity contribution >= 4 is 34.0 Å². The second kappa shape index (κ2) is 10.3. The molecule has 0 radical (unpaired) electrons. The van der Waals surface area contributed by atoms with Crippen LogP contribution in [-0.2, 0) is 10.0 Å². The maximum absolute atomic E-state index is 12.7. The molecule has 2 aromatic carbocycles. The molecular formula is C19H26ClN3O3S. The third-order valence-corrected chi connectivity index (χ3v) is 5.45. The van der Waals surface area contributed by atoms with E-state index in [0.717, 1.165) is 18.4 Å². The van der Waals surface area contributed by atoms with E-state index in [4.69, 9.17) is 5.73 Å². The zero-order valence-corrected chi connectivity index (χ0v) is 17.1. The Morgan fingerprint density at radius 1 is 1.07 bits per heavy atom. The Balaban J connectivity index is 0.00000364. The number of carbonyl (C=O) groups is 1. The van der Waals surface area contributed by atoms with Crippen molar-refractivity contribution in [3.8, 4) is 0 Å². The molecule has 0 atom stereocenters. The van der Waals surface area contributed by atoms with Crippen molar-refractivity contribution in [2.24, 2.45) is 5.73 Å². The van der Waals surface area contributed by atoms with Gasteiger partial charge in [0.2, 0.25) is 0 Å². The molecule has 2 aromatic rings. The molecule has 8 heteroatoms. The first-order chi connectivity index (χ1) is 12.3. The standard InChI is InChI=1S/C19H25N3O3S.ClH/c1-14-8-9-15(2)18(12-14)26(24,25)22-17-7-5-6-16(13-17)19(23)21-11-4-3-10-20;/h5-9,12-13,22H,3-4,10-11,20H2,1-2H3,(H,21,23);1H. The fourth-order valence-corrected chi connectivity index (χ4v) is 3.88. The quantitative estimate of drug-likeness (QED) is 0.581. The van der Waals surface area contributed by atoms with Gasteiger partial charge >= 0.3 is 0 Å². The Hall–Kier alpha value is -2.09. The summed E-state index contributed by atoms with van der Waals surface area (Å²) in [4.78, 5) is 12.4. The summed E-state index contributed by atoms with van der Waals surface area (Å²) in [6, 6.07) is 11.7. The van der Waals surface area contributed by atoms with Crippen LogP contribution in [0.1, 0.15) is 34.3 Å². The number of unbranched alkanes of at least 4 members (excludes halogenated alkanes) is 1. The number of nitrogens with one attached hydrogen (secondary N) is 2. The molecule has 1 amide bonds. The van der Waals surface area contributed by atoms with E-state index in [9.17, 15) is 13.2 Å². The summed E-state index contributed by atoms with van der Waals surface area (Å²) in [5.41, 5.74) is 7.70. The number of halogens is 1. The van der Waals surface area contributed by atoms with Crippen LogP contribution in [0.5, 0.6) is 0 Å². The summed E-state index contributed by atoms with van der Waals surface area (Å²) >= 11 is 0. The molecule has 2 rings (SSSR count). The fraction of sp³-hybridized carbons (Fsp3) is 0.316. The molecule has 6 nitrogen and oxygen atoms in total. The van der Waals surface area contributed by atoms with Crippen LogP contribution < -0.4 is 15.8 Å². The van der Waals surface area contributed by atoms with Crippen LogP contribution in [0.25, 0.3) is 0 Å². The van der Waals surface area contributed by atoms with E-state index >= 15 is 0 Å². The molecule has 0 bridgehead atoms. The Morgan fingerprint density at radius 2 is 1.81 bits per heavy atom. The highest BCUT2D eigenvalue weighted by Gasteiger charge is 2.17. The van der Waals surface area contributed by atoms with E-state index in [1.807, 2.05) is 13.0 Å². The zero-order valence-electron chi connectivity index (χ0n) is 15.5. The lowest BCUT2D eigenvalue weighted by atomic mass is 10.2. The minimum Gasteiger partial charge on any atom is -0.352 e. The van der Waals surface area contributed by atoms with E-state index in [2.05, 4.69) is 10.0 Å². The summed E-state index contributed by atoms with van der Waals surface area (Å²) in [6.07, 6.45) is 1.65. The minimum absolute atomic E-state index is 0. The summed E-state index contributed by atoms with van der Waals surface area (Å²) in [6.45, 7) is 4.72. The molecule has 0 aliphatic heterocycles. The van der Waals surface area contributed by atoms with Gasteiger partial charge in [-0.25, -0.2) is 8.42 Å². The number of aryl methyl sites for hydroxylation is 2. The van der Waals surface area contributed by atoms with E-state index in [-0.39, 0.29) is 23.2 Å². The first kappa shape index (κ1) is 23.0. The van der Waals surface area contributed by atoms with Crippen molar-refractivity contribution in [1.82, 2.24) is 5.32 Å². The molecule has 0 aliphatic rings. The van der Waals surface area contributed by atoms with Crippen LogP contribution >= 0.6 is 12.4 Å². The van der Waals surface area contributed by atoms with Gasteiger partial charge in [0.25, 0.3) is 15.9 Å². The number of hydrogen-bond acceptors (Lipinski definition) is 4. The van der Waals surface area contributed by atoms with Gasteiger partial charge in [0.05, 0.1) is 4.90 Å². The van der Waals surface area contributed by atoms with Crippen molar-refractivity contribution in [3.63, 3.8) is 0 Å². The molecule has 0 unspecified atom stereocenters. The molecule has 0 saturated heterocycles. The van der Waals surface area contributed by atoms with Crippen LogP contribution in [0.4, 0.5) is 5.69 Å². The predicted octanol–water partition coefficient (Wildman–Crippen LogP) is 2.99. The average molecular weight is 412 g/mol. The highest BCUT2D eigenvalue weighted by Crippen LogP contribution is 2.21. The van der Waals surface area contributed by atoms with Crippen LogP contribution in [-0.4, -0.2) is 27.4 Å². The third kappa shape index (κ3) is 6.53. The summed E-state index contributed by atoms with van der Waals surface area (Å²) in [7, 11) is -3.73. The van der Waals surface area contributed by atoms with Gasteiger partial charge < -0.3 is 11.1 Å². The van der Waals surface area contributed by atoms with Gasteiger partial charge in [-0.1, -0.05) is 18.2 Å². The third-order valence-electron chi connectivity index (χ3n) is 3.93. The van der Waals surface area contributed by atoms with Gasteiger partial charge in [0, 0.05) is 17.8 Å². The zero-order chi connectivity index (χ0) is 19.2. The topological polar surface area (TPSA) is 101 Å². The number of amides is 1. The maximum Gasteiger partial charge on any atom is 0.262 e. The molecule has 27 heavy (non-hydrogen) atoms. The second-order valence-electron chi connectivity index (χ2n) is 6.21. The smallest absolute Gasteiger partial charge is 0.262 e. The maximum atomic E-state index is 12.7. The monoisotopic (exact) mass is 411 g/mol. The van der Waals surface area contributed by atoms with E-state index < -0.39 is 10.0 Å². The van der Waals surface area contributed by atoms with Crippen molar-refractivity contribution < 1.29 is 13.2 Å². The number of carbonyl (C=O) groups excluding carboxylic acids is 1. The predicted molar refractivity (Wildman–Crippen MR) is 111 cm³/mol. The van der Waals surface area contributed by atoms with Gasteiger partial charge in [-0.05, 0) is 68.6 Å². The summed E-state index contributed by atoms with van der Waals surface area (Å²) in [5.74, 6) is -0.241. The Morgan fingerprint density at radius 3 is 2.52 bits per heavy atom. The van der Waals surface area contributed by atoms with Gasteiger partial charge in [0.1, 0.15) is 0 Å². The lowest BCUT2D eigenvalue weighted by Crippen LogP contribution is -2.25. The van der Waals surface area contributed by atoms with Crippen molar-refractivity contribution in [2.45, 2.75) is 31.6 Å². The molecule has 148 valence electrons. The van der Waals surface area contributed by atoms with Gasteiger partial charge in [-0.3, -0.25) is 9.52 Å². The molecular weight excluding hydrogens is 386 g/mol. The van der Waals surface area contributed by atoms with E-state index in [1.54, 1.807) is 37.3 Å². The lowest BCUT2D eigenvalue weighted by Gasteiger charge is -2.12. The number of hydrogen-bond donors (Lipinski definition) is 3. The van der Waals surface area contributed by atoms with Crippen molar-refractivity contribution in [2.75, 3.05) is 17.8 Å². The fourth-order valence-electron chi connectivity index (χ4n) is 2.50. The molecule has 0 saturated carbocycles. The highest BCUT2D eigenvalue weighted by molar-refractivity contribution is 7.92. The van der Waals surface area contributed by atoms with Gasteiger partial charge in [0.15, 0.2) is 0 Å². The van der Waals surface area contributed by atoms with Crippen LogP contribution in [0.15, 0.2) is 47.4 Å². The second-order valence-corrected chi connectivity index (χ2v) is 7.86. The van der Waals surface area contributed by atoms with Gasteiger partial charge in [-0.15, -0.1) is 12.4 Å². The molecule has 0 fully saturated rings. The first-order valence-corrected chi connectivity index (χ1v) is 10.0. The molecule has 0 aromatic heterocycles. The molecule has 4 N–H and O–H groups in total. The normalized spacial score (nSPS) is 10.8. The lowest BCUT2D eigenvalue weighted by molar-refractivity contribution is 0.0953. The largest absolute Gasteiger partial charge is 0.352 e. The Labute approximate surface area is 167 Å². The van der Waals surface area contributed by atoms with E-state index in [1.165, 1.54) is 6.07 Å². The highest BCUT2D eigenvalue weighted by atomic mass is 35.5. The average Bonchev–Trinajstić information content (AvgIpc) is 2.60. The van der Waals surface area contributed by atoms with Crippen molar-refractivity contribution in [1.29, 1.82) is 0 Å². The first-order valence-electron chi connectivity index (χ1n) is 8.52. The number of anilines is 1. The number of benzene rings is 2. The van der Waals surface area contributed by atoms with Crippen LogP contribution in [0.2, 0.25) is 0 Å². The number of sulfonamides is 1. The summed E-state index contributed by atoms with van der Waals surface area (Å²) in [5, 5.41) is 2.80. The van der Waals surface area contributed by atoms with Gasteiger partial charge in [-0.2, -0.15) is 0 Å². The number of nitrogens with two attached hydrogens (primary N) is 1. The summed E-state index contributed by atoms with van der Waals surface area (Å²) < 4.78 is 27.9. The molecule has 0 heterocycles. The van der Waals surface area contributed by atoms with Crippen LogP contribution in [0, 0.1) is 13.8 Å². The Kier molecular flexibility index (Phi) is 8.75. The van der Waals surface area contributed by atoms with Crippen LogP contribution in [0.3, 0.4) is 0 Å². The van der Waals surface area contributed by atoms with Crippen molar-refractivity contribution in [3.05, 3.63) is 59.2 Å². The SMILES string of the molecule is Cc1ccc(C)c(S(=O)(=O)Nc2cccc(C(=O)NCCCCN)c2)c1.Cl. The minimum atomic E-state index is -3.73. The molecule has 0 spiro atoms. The molecule has 0 aliphatic carbocycles. The number of rotatable bonds is 8.